The number of aliphatic imine (C=N–C) groups is 1. The Hall–Kier alpha value is -2.76. The molecule has 0 atom stereocenters. The van der Waals surface area contributed by atoms with Crippen molar-refractivity contribution in [2.75, 3.05) is 20.4 Å². The molecule has 0 amide bonds. The molecule has 1 aromatic heterocycles. The average Bonchev–Trinajstić information content (AvgIpc) is 3.07. The van der Waals surface area contributed by atoms with Crippen molar-refractivity contribution in [1.29, 1.82) is 0 Å². The van der Waals surface area contributed by atoms with Crippen molar-refractivity contribution in [3.63, 3.8) is 0 Å². The first-order valence-corrected chi connectivity index (χ1v) is 7.99. The molecule has 0 unspecified atom stereocenters. The van der Waals surface area contributed by atoms with Gasteiger partial charge in [0.25, 0.3) is 0 Å². The summed E-state index contributed by atoms with van der Waals surface area (Å²) in [6, 6.07) is 10.1. The summed E-state index contributed by atoms with van der Waals surface area (Å²) in [5.41, 5.74) is 3.36. The number of benzene rings is 1. The maximum atomic E-state index is 5.39. The second-order valence-electron chi connectivity index (χ2n) is 5.60. The van der Waals surface area contributed by atoms with E-state index in [2.05, 4.69) is 26.7 Å². The van der Waals surface area contributed by atoms with Crippen LogP contribution in [0.15, 0.2) is 41.5 Å². The number of nitrogens with one attached hydrogen (secondary N) is 2. The summed E-state index contributed by atoms with van der Waals surface area (Å²) in [5.74, 6) is 2.37. The molecule has 6 nitrogen and oxygen atoms in total. The van der Waals surface area contributed by atoms with Gasteiger partial charge in [0, 0.05) is 32.0 Å². The quantitative estimate of drug-likeness (QED) is 0.650. The molecule has 0 spiro atoms. The van der Waals surface area contributed by atoms with Gasteiger partial charge in [-0.3, -0.25) is 9.98 Å². The van der Waals surface area contributed by atoms with Crippen LogP contribution in [0.1, 0.15) is 16.8 Å². The van der Waals surface area contributed by atoms with E-state index >= 15 is 0 Å². The normalized spacial score (nSPS) is 13.0. The minimum absolute atomic E-state index is 0.295. The Bertz CT molecular complexity index is 713. The van der Waals surface area contributed by atoms with E-state index in [9.17, 15) is 0 Å². The lowest BCUT2D eigenvalue weighted by Gasteiger charge is -2.12. The molecule has 24 heavy (non-hydrogen) atoms. The van der Waals surface area contributed by atoms with E-state index in [1.807, 2.05) is 37.4 Å². The van der Waals surface area contributed by atoms with Gasteiger partial charge in [-0.1, -0.05) is 12.1 Å². The first kappa shape index (κ1) is 16.1. The predicted octanol–water partition coefficient (Wildman–Crippen LogP) is 2.03. The van der Waals surface area contributed by atoms with E-state index in [1.165, 1.54) is 5.56 Å². The maximum Gasteiger partial charge on any atom is 0.231 e. The Labute approximate surface area is 141 Å². The van der Waals surface area contributed by atoms with Crippen LogP contribution in [-0.4, -0.2) is 31.3 Å². The molecule has 1 aliphatic heterocycles. The predicted molar refractivity (Wildman–Crippen MR) is 93.4 cm³/mol. The number of aromatic nitrogens is 1. The van der Waals surface area contributed by atoms with E-state index in [1.54, 1.807) is 7.05 Å². The SMILES string of the molecule is CN=C(NCCc1ccc(C)nc1)NCc1ccc2c(c1)OCO2. The number of rotatable bonds is 5. The Morgan fingerprint density at radius 1 is 1.12 bits per heavy atom. The third kappa shape index (κ3) is 4.16. The summed E-state index contributed by atoms with van der Waals surface area (Å²) in [5, 5.41) is 6.61. The van der Waals surface area contributed by atoms with Crippen molar-refractivity contribution >= 4 is 5.96 Å². The fraction of sp³-hybridized carbons (Fsp3) is 0.333. The van der Waals surface area contributed by atoms with Crippen molar-refractivity contribution in [3.05, 3.63) is 53.3 Å². The zero-order valence-electron chi connectivity index (χ0n) is 14.0. The first-order valence-electron chi connectivity index (χ1n) is 7.99. The molecule has 126 valence electrons. The van der Waals surface area contributed by atoms with Gasteiger partial charge in [0.05, 0.1) is 0 Å². The summed E-state index contributed by atoms with van der Waals surface area (Å²) in [4.78, 5) is 8.55. The van der Waals surface area contributed by atoms with Gasteiger partial charge in [0.1, 0.15) is 0 Å². The summed E-state index contributed by atoms with van der Waals surface area (Å²) >= 11 is 0. The summed E-state index contributed by atoms with van der Waals surface area (Å²) in [6.07, 6.45) is 2.82. The largest absolute Gasteiger partial charge is 0.454 e. The van der Waals surface area contributed by atoms with Crippen LogP contribution in [-0.2, 0) is 13.0 Å². The van der Waals surface area contributed by atoms with Crippen LogP contribution in [0.4, 0.5) is 0 Å². The van der Waals surface area contributed by atoms with Crippen molar-refractivity contribution in [2.24, 2.45) is 4.99 Å². The molecular formula is C18H22N4O2. The highest BCUT2D eigenvalue weighted by Gasteiger charge is 2.13. The molecule has 1 aromatic carbocycles. The highest BCUT2D eigenvalue weighted by molar-refractivity contribution is 5.79. The van der Waals surface area contributed by atoms with Crippen molar-refractivity contribution in [3.8, 4) is 11.5 Å². The Morgan fingerprint density at radius 3 is 2.75 bits per heavy atom. The van der Waals surface area contributed by atoms with Crippen LogP contribution >= 0.6 is 0 Å². The third-order valence-corrected chi connectivity index (χ3v) is 3.80. The van der Waals surface area contributed by atoms with Crippen LogP contribution in [0.5, 0.6) is 11.5 Å². The molecule has 0 saturated carbocycles. The monoisotopic (exact) mass is 326 g/mol. The summed E-state index contributed by atoms with van der Waals surface area (Å²) in [6.45, 7) is 3.75. The number of ether oxygens (including phenoxy) is 2. The standard InChI is InChI=1S/C18H22N4O2/c1-13-3-4-14(10-21-13)7-8-20-18(19-2)22-11-15-5-6-16-17(9-15)24-12-23-16/h3-6,9-10H,7-8,11-12H2,1-2H3,(H2,19,20,22). The number of fused-ring (bicyclic) bond motifs is 1. The minimum atomic E-state index is 0.295. The smallest absolute Gasteiger partial charge is 0.231 e. The maximum absolute atomic E-state index is 5.39. The average molecular weight is 326 g/mol. The Morgan fingerprint density at radius 2 is 1.96 bits per heavy atom. The second-order valence-corrected chi connectivity index (χ2v) is 5.60. The first-order chi connectivity index (χ1) is 11.7. The van der Waals surface area contributed by atoms with Gasteiger partial charge in [-0.15, -0.1) is 0 Å². The number of nitrogens with zero attached hydrogens (tertiary/aromatic N) is 2. The van der Waals surface area contributed by atoms with Crippen molar-refractivity contribution < 1.29 is 9.47 Å². The van der Waals surface area contributed by atoms with Crippen LogP contribution in [0.3, 0.4) is 0 Å². The number of pyridine rings is 1. The van der Waals surface area contributed by atoms with Gasteiger partial charge in [0.2, 0.25) is 6.79 Å². The number of guanidine groups is 1. The number of hydrogen-bond donors (Lipinski definition) is 2. The summed E-state index contributed by atoms with van der Waals surface area (Å²) < 4.78 is 10.7. The molecule has 0 saturated heterocycles. The Kier molecular flexibility index (Phi) is 5.15. The van der Waals surface area contributed by atoms with Crippen molar-refractivity contribution in [1.82, 2.24) is 15.6 Å². The molecule has 0 fully saturated rings. The topological polar surface area (TPSA) is 67.8 Å². The fourth-order valence-corrected chi connectivity index (χ4v) is 2.43. The lowest BCUT2D eigenvalue weighted by molar-refractivity contribution is 0.174. The molecule has 3 rings (SSSR count). The lowest BCUT2D eigenvalue weighted by atomic mass is 10.2. The number of aryl methyl sites for hydroxylation is 1. The molecule has 2 aromatic rings. The second kappa shape index (κ2) is 7.68. The van der Waals surface area contributed by atoms with Gasteiger partial charge in [-0.2, -0.15) is 0 Å². The molecule has 6 heteroatoms. The van der Waals surface area contributed by atoms with Gasteiger partial charge < -0.3 is 20.1 Å². The number of hydrogen-bond acceptors (Lipinski definition) is 4. The zero-order chi connectivity index (χ0) is 16.8. The van der Waals surface area contributed by atoms with Crippen LogP contribution in [0.25, 0.3) is 0 Å². The highest BCUT2D eigenvalue weighted by atomic mass is 16.7. The van der Waals surface area contributed by atoms with E-state index in [0.29, 0.717) is 13.3 Å². The van der Waals surface area contributed by atoms with Crippen LogP contribution < -0.4 is 20.1 Å². The molecule has 0 bridgehead atoms. The molecular weight excluding hydrogens is 304 g/mol. The van der Waals surface area contributed by atoms with Gasteiger partial charge in [0.15, 0.2) is 17.5 Å². The van der Waals surface area contributed by atoms with E-state index < -0.39 is 0 Å². The third-order valence-electron chi connectivity index (χ3n) is 3.80. The fourth-order valence-electron chi connectivity index (χ4n) is 2.43. The molecule has 0 radical (unpaired) electrons. The van der Waals surface area contributed by atoms with E-state index in [4.69, 9.17) is 9.47 Å². The molecule has 1 aliphatic rings. The van der Waals surface area contributed by atoms with E-state index in [-0.39, 0.29) is 0 Å². The molecule has 0 aliphatic carbocycles. The molecule has 2 heterocycles. The van der Waals surface area contributed by atoms with Crippen LogP contribution in [0.2, 0.25) is 0 Å². The van der Waals surface area contributed by atoms with Crippen LogP contribution in [0, 0.1) is 6.92 Å². The van der Waals surface area contributed by atoms with Gasteiger partial charge in [-0.25, -0.2) is 0 Å². The van der Waals surface area contributed by atoms with E-state index in [0.717, 1.165) is 41.7 Å². The van der Waals surface area contributed by atoms with Crippen molar-refractivity contribution in [2.45, 2.75) is 19.9 Å². The van der Waals surface area contributed by atoms with Gasteiger partial charge >= 0.3 is 0 Å². The molecule has 2 N–H and O–H groups in total. The minimum Gasteiger partial charge on any atom is -0.454 e. The van der Waals surface area contributed by atoms with Gasteiger partial charge in [-0.05, 0) is 42.7 Å². The zero-order valence-corrected chi connectivity index (χ0v) is 14.0. The summed E-state index contributed by atoms with van der Waals surface area (Å²) in [7, 11) is 1.77. The highest BCUT2D eigenvalue weighted by Crippen LogP contribution is 2.32. The lowest BCUT2D eigenvalue weighted by Crippen LogP contribution is -2.37. The Balaban J connectivity index is 1.46.